The van der Waals surface area contributed by atoms with E-state index in [4.69, 9.17) is 19.4 Å². The molecular weight excluding hydrogens is 590 g/mol. The van der Waals surface area contributed by atoms with Gasteiger partial charge in [0.2, 0.25) is 0 Å². The Morgan fingerprint density at radius 2 is 1.38 bits per heavy atom. The minimum atomic E-state index is -4.06. The van der Waals surface area contributed by atoms with Gasteiger partial charge in [0, 0.05) is 11.8 Å². The van der Waals surface area contributed by atoms with Crippen LogP contribution < -0.4 is 9.92 Å². The van der Waals surface area contributed by atoms with Crippen molar-refractivity contribution >= 4 is 22.1 Å². The lowest BCUT2D eigenvalue weighted by Gasteiger charge is -2.26. The van der Waals surface area contributed by atoms with Crippen molar-refractivity contribution in [2.75, 3.05) is 6.61 Å². The Morgan fingerprint density at radius 1 is 0.822 bits per heavy atom. The zero-order chi connectivity index (χ0) is 32.4. The van der Waals surface area contributed by atoms with Gasteiger partial charge < -0.3 is 19.4 Å². The first-order chi connectivity index (χ1) is 21.3. The monoisotopic (exact) mass is 627 g/mol. The van der Waals surface area contributed by atoms with Crippen molar-refractivity contribution in [1.82, 2.24) is 0 Å². The fourth-order valence-electron chi connectivity index (χ4n) is 5.53. The molecule has 0 aliphatic heterocycles. The Morgan fingerprint density at radius 3 is 1.93 bits per heavy atom. The number of esters is 2. The lowest BCUT2D eigenvalue weighted by molar-refractivity contribution is -0.155. The first-order valence-corrected chi connectivity index (χ1v) is 16.2. The molecule has 4 aromatic carbocycles. The van der Waals surface area contributed by atoms with E-state index in [0.717, 1.165) is 27.8 Å². The third kappa shape index (κ3) is 7.44. The second-order valence-electron chi connectivity index (χ2n) is 12.2. The lowest BCUT2D eigenvalue weighted by Crippen LogP contribution is -2.40. The fourth-order valence-corrected chi connectivity index (χ4v) is 6.46. The second-order valence-corrected chi connectivity index (χ2v) is 13.7. The summed E-state index contributed by atoms with van der Waals surface area (Å²) in [5.74, 6) is -2.07. The van der Waals surface area contributed by atoms with Crippen LogP contribution in [0.2, 0.25) is 0 Å². The summed E-state index contributed by atoms with van der Waals surface area (Å²) in [6, 6.07) is 27.3. The Labute approximate surface area is 264 Å². The number of nitrogens with two attached hydrogens (primary N) is 1. The van der Waals surface area contributed by atoms with E-state index in [9.17, 15) is 18.0 Å². The maximum Gasteiger partial charge on any atom is 0.339 e. The zero-order valence-electron chi connectivity index (χ0n) is 25.7. The summed E-state index contributed by atoms with van der Waals surface area (Å²) < 4.78 is 42.2. The van der Waals surface area contributed by atoms with Crippen molar-refractivity contribution < 1.29 is 31.7 Å². The molecule has 2 atom stereocenters. The average molecular weight is 628 g/mol. The molecule has 1 aliphatic carbocycles. The van der Waals surface area contributed by atoms with Gasteiger partial charge in [-0.3, -0.25) is 9.59 Å². The minimum Gasteiger partial charge on any atom is -0.464 e. The van der Waals surface area contributed by atoms with Crippen LogP contribution in [0.4, 0.5) is 0 Å². The van der Waals surface area contributed by atoms with Crippen LogP contribution in [-0.2, 0) is 29.2 Å². The van der Waals surface area contributed by atoms with Gasteiger partial charge in [-0.2, -0.15) is 8.42 Å². The van der Waals surface area contributed by atoms with E-state index in [-0.39, 0.29) is 29.6 Å². The molecular formula is C36H37NO7S. The summed E-state index contributed by atoms with van der Waals surface area (Å²) >= 11 is 0. The minimum absolute atomic E-state index is 0.0252. The molecule has 0 saturated heterocycles. The molecule has 0 amide bonds. The van der Waals surface area contributed by atoms with Gasteiger partial charge in [-0.05, 0) is 79.8 Å². The topological polar surface area (TPSA) is 122 Å². The van der Waals surface area contributed by atoms with Gasteiger partial charge in [-0.1, -0.05) is 78.4 Å². The van der Waals surface area contributed by atoms with Crippen LogP contribution in [0.25, 0.3) is 11.1 Å². The molecule has 2 unspecified atom stereocenters. The summed E-state index contributed by atoms with van der Waals surface area (Å²) in [6.07, 6.45) is -0.190. The molecule has 2 N–H and O–H groups in total. The largest absolute Gasteiger partial charge is 0.464 e. The predicted molar refractivity (Wildman–Crippen MR) is 171 cm³/mol. The molecule has 0 spiro atoms. The predicted octanol–water partition coefficient (Wildman–Crippen LogP) is 6.26. The van der Waals surface area contributed by atoms with Crippen LogP contribution in [0.15, 0.2) is 102 Å². The van der Waals surface area contributed by atoms with Crippen LogP contribution in [-0.4, -0.2) is 38.6 Å². The summed E-state index contributed by atoms with van der Waals surface area (Å²) in [4.78, 5) is 26.4. The van der Waals surface area contributed by atoms with Crippen molar-refractivity contribution in [3.63, 3.8) is 0 Å². The number of rotatable bonds is 10. The fraction of sp³-hybridized carbons (Fsp3) is 0.278. The van der Waals surface area contributed by atoms with Gasteiger partial charge in [0.05, 0.1) is 6.42 Å². The number of ether oxygens (including phenoxy) is 2. The molecule has 0 saturated carbocycles. The number of fused-ring (bicyclic) bond motifs is 3. The van der Waals surface area contributed by atoms with Crippen molar-refractivity contribution in [3.05, 3.63) is 119 Å². The smallest absolute Gasteiger partial charge is 0.339 e. The Hall–Kier alpha value is -4.47. The summed E-state index contributed by atoms with van der Waals surface area (Å²) in [5.41, 5.74) is 11.6. The number of hydrogen-bond donors (Lipinski definition) is 1. The standard InChI is InChI=1S/C36H37NO7S/c1-23-13-19-26(20-14-23)45(40,41)44-25-17-15-24(16-18-25)31(21-33(38)43-36(2,3)4)34(37)35(39)42-22-32-29-11-7-5-9-27(29)28-10-6-8-12-30(28)32/h5-20,31-32,34H,21-22,37H2,1-4H3. The molecule has 0 fully saturated rings. The number of benzene rings is 4. The third-order valence-electron chi connectivity index (χ3n) is 7.69. The highest BCUT2D eigenvalue weighted by Crippen LogP contribution is 2.44. The highest BCUT2D eigenvalue weighted by Gasteiger charge is 2.34. The first-order valence-electron chi connectivity index (χ1n) is 14.8. The van der Waals surface area contributed by atoms with Crippen molar-refractivity contribution in [2.45, 2.75) is 62.5 Å². The molecule has 1 aliphatic rings. The van der Waals surface area contributed by atoms with Gasteiger partial charge in [0.25, 0.3) is 0 Å². The van der Waals surface area contributed by atoms with Crippen LogP contribution in [0.5, 0.6) is 5.75 Å². The maximum atomic E-state index is 13.4. The molecule has 45 heavy (non-hydrogen) atoms. The van der Waals surface area contributed by atoms with Crippen LogP contribution >= 0.6 is 0 Å². The van der Waals surface area contributed by atoms with Crippen LogP contribution in [0.3, 0.4) is 0 Å². The Balaban J connectivity index is 1.34. The summed E-state index contributed by atoms with van der Waals surface area (Å²) in [5, 5.41) is 0. The normalized spacial score (nSPS) is 14.2. The SMILES string of the molecule is Cc1ccc(S(=O)(=O)Oc2ccc(C(CC(=O)OC(C)(C)C)C(N)C(=O)OCC3c4ccccc4-c4ccccc43)cc2)cc1. The molecule has 4 aromatic rings. The van der Waals surface area contributed by atoms with Gasteiger partial charge >= 0.3 is 22.1 Å². The summed E-state index contributed by atoms with van der Waals surface area (Å²) in [7, 11) is -4.06. The first kappa shape index (κ1) is 31.9. The number of carbonyl (C=O) groups excluding carboxylic acids is 2. The van der Waals surface area contributed by atoms with Crippen molar-refractivity contribution in [1.29, 1.82) is 0 Å². The number of carbonyl (C=O) groups is 2. The molecule has 9 heteroatoms. The van der Waals surface area contributed by atoms with E-state index in [1.807, 2.05) is 43.3 Å². The lowest BCUT2D eigenvalue weighted by atomic mass is 9.88. The highest BCUT2D eigenvalue weighted by molar-refractivity contribution is 7.87. The van der Waals surface area contributed by atoms with E-state index >= 15 is 0 Å². The number of aryl methyl sites for hydroxylation is 1. The van der Waals surface area contributed by atoms with E-state index < -0.39 is 39.6 Å². The molecule has 8 nitrogen and oxygen atoms in total. The van der Waals surface area contributed by atoms with Crippen LogP contribution in [0, 0.1) is 6.92 Å². The average Bonchev–Trinajstić information content (AvgIpc) is 3.31. The quantitative estimate of drug-likeness (QED) is 0.162. The molecule has 234 valence electrons. The molecule has 0 bridgehead atoms. The van der Waals surface area contributed by atoms with E-state index in [2.05, 4.69) is 12.1 Å². The van der Waals surface area contributed by atoms with Gasteiger partial charge in [-0.15, -0.1) is 0 Å². The Kier molecular flexibility index (Phi) is 9.13. The third-order valence-corrected chi connectivity index (χ3v) is 8.95. The van der Waals surface area contributed by atoms with Gasteiger partial charge in [0.1, 0.15) is 28.9 Å². The van der Waals surface area contributed by atoms with Crippen molar-refractivity contribution in [3.8, 4) is 16.9 Å². The summed E-state index contributed by atoms with van der Waals surface area (Å²) in [6.45, 7) is 7.21. The van der Waals surface area contributed by atoms with Crippen molar-refractivity contribution in [2.24, 2.45) is 5.73 Å². The van der Waals surface area contributed by atoms with Crippen LogP contribution in [0.1, 0.15) is 61.3 Å². The molecule has 0 radical (unpaired) electrons. The molecule has 0 heterocycles. The zero-order valence-corrected chi connectivity index (χ0v) is 26.5. The molecule has 0 aromatic heterocycles. The van der Waals surface area contributed by atoms with Gasteiger partial charge in [-0.25, -0.2) is 0 Å². The van der Waals surface area contributed by atoms with E-state index in [0.29, 0.717) is 5.56 Å². The maximum absolute atomic E-state index is 13.4. The highest BCUT2D eigenvalue weighted by atomic mass is 32.2. The molecule has 5 rings (SSSR count). The van der Waals surface area contributed by atoms with Gasteiger partial charge in [0.15, 0.2) is 0 Å². The number of hydrogen-bond acceptors (Lipinski definition) is 8. The van der Waals surface area contributed by atoms with E-state index in [1.165, 1.54) is 24.3 Å². The van der Waals surface area contributed by atoms with E-state index in [1.54, 1.807) is 45.0 Å². The second kappa shape index (κ2) is 12.9. The Bertz CT molecular complexity index is 1750.